The molecule has 130 valence electrons. The minimum absolute atomic E-state index is 0.0994. The van der Waals surface area contributed by atoms with E-state index in [2.05, 4.69) is 4.99 Å². The third-order valence-electron chi connectivity index (χ3n) is 3.77. The second-order valence-electron chi connectivity index (χ2n) is 5.57. The number of hydrogen-bond acceptors (Lipinski definition) is 1. The zero-order chi connectivity index (χ0) is 18.6. The van der Waals surface area contributed by atoms with Gasteiger partial charge < -0.3 is 0 Å². The summed E-state index contributed by atoms with van der Waals surface area (Å²) in [6, 6.07) is 22.4. The van der Waals surface area contributed by atoms with Gasteiger partial charge >= 0.3 is 6.18 Å². The van der Waals surface area contributed by atoms with Crippen LogP contribution in [0.2, 0.25) is 0 Å². The molecule has 0 N–H and O–H groups in total. The van der Waals surface area contributed by atoms with Gasteiger partial charge in [-0.25, -0.2) is 4.99 Å². The number of aliphatic imine (C=N–C) groups is 1. The highest BCUT2D eigenvalue weighted by molar-refractivity contribution is 6.18. The fraction of sp³-hybridized carbons (Fsp3) is 0.0476. The first-order valence-electron chi connectivity index (χ1n) is 7.86. The van der Waals surface area contributed by atoms with Crippen molar-refractivity contribution in [2.75, 3.05) is 0 Å². The molecular weight excluding hydrogens is 339 g/mol. The van der Waals surface area contributed by atoms with Crippen LogP contribution in [0.5, 0.6) is 0 Å². The van der Waals surface area contributed by atoms with E-state index in [0.717, 1.165) is 35.4 Å². The quantitative estimate of drug-likeness (QED) is 0.581. The standard InChI is InChI=1S/C21H14F3NO/c22-21(23,24)18-13-11-17(12-14-18)20(26)25-19(15-7-3-1-4-8-15)16-9-5-2-6-10-16/h1-14H. The number of halogens is 3. The molecule has 0 aliphatic heterocycles. The lowest BCUT2D eigenvalue weighted by atomic mass is 10.0. The van der Waals surface area contributed by atoms with Crippen molar-refractivity contribution in [3.05, 3.63) is 107 Å². The summed E-state index contributed by atoms with van der Waals surface area (Å²) in [6.07, 6.45) is -4.44. The highest BCUT2D eigenvalue weighted by atomic mass is 19.4. The fourth-order valence-corrected chi connectivity index (χ4v) is 2.46. The Morgan fingerprint density at radius 1 is 0.654 bits per heavy atom. The second-order valence-corrected chi connectivity index (χ2v) is 5.57. The molecule has 0 aliphatic rings. The van der Waals surface area contributed by atoms with Crippen molar-refractivity contribution in [1.82, 2.24) is 0 Å². The average Bonchev–Trinajstić information content (AvgIpc) is 2.67. The highest BCUT2D eigenvalue weighted by Gasteiger charge is 2.30. The molecule has 0 unspecified atom stereocenters. The summed E-state index contributed by atoms with van der Waals surface area (Å²) in [7, 11) is 0. The first kappa shape index (κ1) is 17.6. The van der Waals surface area contributed by atoms with Crippen molar-refractivity contribution in [1.29, 1.82) is 0 Å². The average molecular weight is 353 g/mol. The molecule has 0 radical (unpaired) electrons. The van der Waals surface area contributed by atoms with Crippen LogP contribution in [0.3, 0.4) is 0 Å². The number of nitrogens with zero attached hydrogens (tertiary/aromatic N) is 1. The Bertz CT molecular complexity index is 873. The van der Waals surface area contributed by atoms with E-state index in [-0.39, 0.29) is 5.56 Å². The minimum Gasteiger partial charge on any atom is -0.267 e. The lowest BCUT2D eigenvalue weighted by Gasteiger charge is -2.08. The van der Waals surface area contributed by atoms with Crippen LogP contribution in [0.25, 0.3) is 0 Å². The number of rotatable bonds is 3. The summed E-state index contributed by atoms with van der Waals surface area (Å²) in [5, 5.41) is 0. The van der Waals surface area contributed by atoms with Crippen LogP contribution >= 0.6 is 0 Å². The van der Waals surface area contributed by atoms with Crippen molar-refractivity contribution in [3.8, 4) is 0 Å². The molecule has 0 aromatic heterocycles. The molecule has 0 fully saturated rings. The van der Waals surface area contributed by atoms with Gasteiger partial charge in [-0.3, -0.25) is 4.79 Å². The molecule has 0 heterocycles. The molecule has 0 atom stereocenters. The Hall–Kier alpha value is -3.21. The molecule has 2 nitrogen and oxygen atoms in total. The predicted octanol–water partition coefficient (Wildman–Crippen LogP) is 5.38. The maximum absolute atomic E-state index is 12.7. The van der Waals surface area contributed by atoms with Gasteiger partial charge in [0.1, 0.15) is 0 Å². The van der Waals surface area contributed by atoms with Crippen LogP contribution in [0.1, 0.15) is 27.0 Å². The number of carbonyl (C=O) groups is 1. The topological polar surface area (TPSA) is 29.4 Å². The molecule has 0 spiro atoms. The maximum atomic E-state index is 12.7. The third-order valence-corrected chi connectivity index (χ3v) is 3.77. The van der Waals surface area contributed by atoms with Crippen molar-refractivity contribution in [3.63, 3.8) is 0 Å². The van der Waals surface area contributed by atoms with Crippen LogP contribution in [-0.4, -0.2) is 11.6 Å². The molecule has 0 aliphatic carbocycles. The van der Waals surface area contributed by atoms with E-state index in [1.54, 1.807) is 0 Å². The summed E-state index contributed by atoms with van der Waals surface area (Å²) >= 11 is 0. The normalized spacial score (nSPS) is 11.0. The van der Waals surface area contributed by atoms with Gasteiger partial charge in [-0.05, 0) is 24.3 Å². The molecule has 3 aromatic carbocycles. The van der Waals surface area contributed by atoms with Crippen molar-refractivity contribution in [2.24, 2.45) is 4.99 Å². The summed E-state index contributed by atoms with van der Waals surface area (Å²) in [6.45, 7) is 0. The fourth-order valence-electron chi connectivity index (χ4n) is 2.46. The van der Waals surface area contributed by atoms with E-state index in [9.17, 15) is 18.0 Å². The first-order valence-corrected chi connectivity index (χ1v) is 7.86. The molecule has 0 saturated carbocycles. The van der Waals surface area contributed by atoms with Gasteiger partial charge in [-0.2, -0.15) is 13.2 Å². The van der Waals surface area contributed by atoms with Gasteiger partial charge in [-0.1, -0.05) is 60.7 Å². The second kappa shape index (κ2) is 7.35. The molecular formula is C21H14F3NO. The number of hydrogen-bond donors (Lipinski definition) is 0. The Labute approximate surface area is 148 Å². The largest absolute Gasteiger partial charge is 0.416 e. The summed E-state index contributed by atoms with van der Waals surface area (Å²) in [5.74, 6) is -0.596. The van der Waals surface area contributed by atoms with E-state index in [1.807, 2.05) is 60.7 Å². The van der Waals surface area contributed by atoms with Gasteiger partial charge in [-0.15, -0.1) is 0 Å². The number of carbonyl (C=O) groups excluding carboxylic acids is 1. The van der Waals surface area contributed by atoms with Gasteiger partial charge in [0.25, 0.3) is 5.91 Å². The molecule has 26 heavy (non-hydrogen) atoms. The van der Waals surface area contributed by atoms with Crippen LogP contribution in [0.15, 0.2) is 89.9 Å². The Kier molecular flexibility index (Phi) is 4.98. The number of alkyl halides is 3. The maximum Gasteiger partial charge on any atom is 0.416 e. The van der Waals surface area contributed by atoms with Crippen molar-refractivity contribution >= 4 is 11.6 Å². The first-order chi connectivity index (χ1) is 12.4. The van der Waals surface area contributed by atoms with E-state index < -0.39 is 17.6 Å². The van der Waals surface area contributed by atoms with Crippen LogP contribution in [-0.2, 0) is 6.18 Å². The van der Waals surface area contributed by atoms with Crippen molar-refractivity contribution in [2.45, 2.75) is 6.18 Å². The minimum atomic E-state index is -4.44. The highest BCUT2D eigenvalue weighted by Crippen LogP contribution is 2.29. The van der Waals surface area contributed by atoms with E-state index in [1.165, 1.54) is 0 Å². The molecule has 0 saturated heterocycles. The summed E-state index contributed by atoms with van der Waals surface area (Å²) < 4.78 is 38.0. The number of amides is 1. The molecule has 3 rings (SSSR count). The van der Waals surface area contributed by atoms with Crippen LogP contribution < -0.4 is 0 Å². The zero-order valence-corrected chi connectivity index (χ0v) is 13.6. The predicted molar refractivity (Wildman–Crippen MR) is 94.3 cm³/mol. The lowest BCUT2D eigenvalue weighted by Crippen LogP contribution is -2.09. The molecule has 5 heteroatoms. The SMILES string of the molecule is O=C(N=C(c1ccccc1)c1ccccc1)c1ccc(C(F)(F)F)cc1. The van der Waals surface area contributed by atoms with Crippen LogP contribution in [0.4, 0.5) is 13.2 Å². The molecule has 0 bridgehead atoms. The van der Waals surface area contributed by atoms with Gasteiger partial charge in [0.15, 0.2) is 0 Å². The molecule has 1 amide bonds. The number of benzene rings is 3. The Morgan fingerprint density at radius 2 is 1.12 bits per heavy atom. The van der Waals surface area contributed by atoms with Gasteiger partial charge in [0.2, 0.25) is 0 Å². The smallest absolute Gasteiger partial charge is 0.267 e. The Morgan fingerprint density at radius 3 is 1.54 bits per heavy atom. The third kappa shape index (κ3) is 4.06. The summed E-state index contributed by atoms with van der Waals surface area (Å²) in [5.41, 5.74) is 1.26. The van der Waals surface area contributed by atoms with E-state index in [4.69, 9.17) is 0 Å². The monoisotopic (exact) mass is 353 g/mol. The van der Waals surface area contributed by atoms with Gasteiger partial charge in [0.05, 0.1) is 11.3 Å². The Balaban J connectivity index is 1.99. The lowest BCUT2D eigenvalue weighted by molar-refractivity contribution is -0.137. The summed E-state index contributed by atoms with van der Waals surface area (Å²) in [4.78, 5) is 16.7. The van der Waals surface area contributed by atoms with E-state index >= 15 is 0 Å². The van der Waals surface area contributed by atoms with E-state index in [0.29, 0.717) is 5.71 Å². The molecule has 3 aromatic rings. The zero-order valence-electron chi connectivity index (χ0n) is 13.6. The van der Waals surface area contributed by atoms with Gasteiger partial charge in [0, 0.05) is 16.7 Å². The van der Waals surface area contributed by atoms with Crippen molar-refractivity contribution < 1.29 is 18.0 Å². The van der Waals surface area contributed by atoms with Crippen LogP contribution in [0, 0.1) is 0 Å².